The molecule has 0 unspecified atom stereocenters. The Kier molecular flexibility index (Phi) is 5.64. The monoisotopic (exact) mass is 382 g/mol. The third kappa shape index (κ3) is 3.85. The van der Waals surface area contributed by atoms with Crippen molar-refractivity contribution >= 4 is 51.6 Å². The second kappa shape index (κ2) is 7.91. The summed E-state index contributed by atoms with van der Waals surface area (Å²) in [6, 6.07) is 0. The summed E-state index contributed by atoms with van der Waals surface area (Å²) in [5.74, 6) is 0.0741. The molecule has 0 spiro atoms. The van der Waals surface area contributed by atoms with Crippen molar-refractivity contribution < 1.29 is 8.68 Å². The van der Waals surface area contributed by atoms with Crippen molar-refractivity contribution in [2.24, 2.45) is 5.10 Å². The zero-order valence-electron chi connectivity index (χ0n) is 12.9. The lowest BCUT2D eigenvalue weighted by molar-refractivity contribution is -0.110. The Morgan fingerprint density at radius 1 is 1.50 bits per heavy atom. The number of hydrazone groups is 1. The van der Waals surface area contributed by atoms with Gasteiger partial charge in [0.05, 0.1) is 12.2 Å². The summed E-state index contributed by atoms with van der Waals surface area (Å²) in [6.07, 6.45) is 4.26. The predicted octanol–water partition coefficient (Wildman–Crippen LogP) is 4.06. The first-order valence-electron chi connectivity index (χ1n) is 7.24. The first kappa shape index (κ1) is 17.1. The Morgan fingerprint density at radius 3 is 3.17 bits per heavy atom. The van der Waals surface area contributed by atoms with Crippen LogP contribution in [0.1, 0.15) is 23.7 Å². The zero-order valence-corrected chi connectivity index (χ0v) is 15.3. The first-order valence-corrected chi connectivity index (χ1v) is 9.95. The van der Waals surface area contributed by atoms with E-state index in [4.69, 9.17) is 0 Å². The lowest BCUT2D eigenvalue weighted by Crippen LogP contribution is -2.30. The number of rotatable bonds is 6. The minimum absolute atomic E-state index is 0.287. The second-order valence-electron chi connectivity index (χ2n) is 5.00. The number of halogens is 1. The molecule has 24 heavy (non-hydrogen) atoms. The highest BCUT2D eigenvalue weighted by molar-refractivity contribution is 7.94. The van der Waals surface area contributed by atoms with Crippen molar-refractivity contribution in [2.45, 2.75) is 19.9 Å². The molecular formula is C15H15FN4OS3. The lowest BCUT2D eigenvalue weighted by atomic mass is 10.1. The number of thiophene rings is 1. The number of carbonyl (C=O) groups is 1. The van der Waals surface area contributed by atoms with E-state index in [9.17, 15) is 8.68 Å². The van der Waals surface area contributed by atoms with Gasteiger partial charge < -0.3 is 0 Å². The summed E-state index contributed by atoms with van der Waals surface area (Å²) in [5.41, 5.74) is 3.10. The van der Waals surface area contributed by atoms with E-state index in [0.29, 0.717) is 29.6 Å². The van der Waals surface area contributed by atoms with Gasteiger partial charge in [-0.05, 0) is 17.9 Å². The van der Waals surface area contributed by atoms with Gasteiger partial charge in [-0.1, -0.05) is 6.08 Å². The van der Waals surface area contributed by atoms with Crippen molar-refractivity contribution in [2.75, 3.05) is 11.1 Å². The van der Waals surface area contributed by atoms with Crippen molar-refractivity contribution in [1.29, 1.82) is 0 Å². The Balaban J connectivity index is 1.77. The van der Waals surface area contributed by atoms with Crippen LogP contribution in [0.3, 0.4) is 0 Å². The molecule has 2 aromatic rings. The van der Waals surface area contributed by atoms with Gasteiger partial charge in [0.1, 0.15) is 0 Å². The molecule has 0 aliphatic carbocycles. The van der Waals surface area contributed by atoms with E-state index in [2.05, 4.69) is 15.4 Å². The van der Waals surface area contributed by atoms with E-state index in [0.717, 1.165) is 16.8 Å². The number of aryl methyl sites for hydroxylation is 1. The van der Waals surface area contributed by atoms with Crippen molar-refractivity contribution in [3.8, 4) is 0 Å². The van der Waals surface area contributed by atoms with E-state index in [-0.39, 0.29) is 18.1 Å². The summed E-state index contributed by atoms with van der Waals surface area (Å²) in [4.78, 5) is 16.9. The molecule has 126 valence electrons. The smallest absolute Gasteiger partial charge is 0.278 e. The predicted molar refractivity (Wildman–Crippen MR) is 99.2 cm³/mol. The summed E-state index contributed by atoms with van der Waals surface area (Å²) in [7, 11) is 0. The fourth-order valence-corrected chi connectivity index (χ4v) is 4.11. The average molecular weight is 383 g/mol. The topological polar surface area (TPSA) is 57.6 Å². The number of fused-ring (bicyclic) bond motifs is 1. The molecule has 9 heteroatoms. The van der Waals surface area contributed by atoms with Crippen LogP contribution in [0.15, 0.2) is 33.5 Å². The van der Waals surface area contributed by atoms with Gasteiger partial charge in [-0.2, -0.15) is 20.3 Å². The highest BCUT2D eigenvalue weighted by Crippen LogP contribution is 2.25. The van der Waals surface area contributed by atoms with Crippen LogP contribution in [0.2, 0.25) is 0 Å². The van der Waals surface area contributed by atoms with Gasteiger partial charge in [-0.25, -0.2) is 4.98 Å². The van der Waals surface area contributed by atoms with Crippen LogP contribution in [-0.2, 0) is 17.8 Å². The Bertz CT molecular complexity index is 783. The maximum Gasteiger partial charge on any atom is 0.278 e. The Hall–Kier alpha value is -1.71. The molecule has 1 aliphatic heterocycles. The SMILES string of the molecule is C/C=C/N1Cc2cscc2C(C(=O)Nc2nc(CCSF)cs2)=N1. The van der Waals surface area contributed by atoms with Crippen LogP contribution in [0.25, 0.3) is 0 Å². The summed E-state index contributed by atoms with van der Waals surface area (Å²) in [5, 5.41) is 15.3. The minimum atomic E-state index is -0.287. The third-order valence-electron chi connectivity index (χ3n) is 3.30. The average Bonchev–Trinajstić information content (AvgIpc) is 3.21. The van der Waals surface area contributed by atoms with Gasteiger partial charge >= 0.3 is 0 Å². The fourth-order valence-electron chi connectivity index (χ4n) is 2.25. The standard InChI is InChI=1S/C15H15FN4OS3/c1-2-4-20-6-10-7-22-9-12(10)13(19-20)14(21)18-15-17-11(8-23-15)3-5-24-16/h2,4,7-9H,3,5-6H2,1H3,(H,17,18,21)/b4-2+. The van der Waals surface area contributed by atoms with Crippen LogP contribution in [0.5, 0.6) is 0 Å². The number of carbonyl (C=O) groups excluding carboxylic acids is 1. The molecule has 0 fully saturated rings. The van der Waals surface area contributed by atoms with Gasteiger partial charge in [0.2, 0.25) is 0 Å². The number of nitrogens with one attached hydrogen (secondary N) is 1. The number of amides is 1. The summed E-state index contributed by atoms with van der Waals surface area (Å²) >= 11 is 3.17. The van der Waals surface area contributed by atoms with Gasteiger partial charge in [0.25, 0.3) is 5.91 Å². The maximum absolute atomic E-state index is 12.6. The maximum atomic E-state index is 12.6. The van der Waals surface area contributed by atoms with E-state index in [1.807, 2.05) is 35.3 Å². The molecule has 0 aromatic carbocycles. The summed E-state index contributed by atoms with van der Waals surface area (Å²) in [6.45, 7) is 2.56. The van der Waals surface area contributed by atoms with Crippen molar-refractivity contribution in [3.63, 3.8) is 0 Å². The molecule has 1 aliphatic rings. The number of aromatic nitrogens is 1. The van der Waals surface area contributed by atoms with Crippen LogP contribution in [0, 0.1) is 0 Å². The van der Waals surface area contributed by atoms with Crippen LogP contribution in [-0.4, -0.2) is 27.4 Å². The van der Waals surface area contributed by atoms with Gasteiger partial charge in [0, 0.05) is 46.8 Å². The molecule has 3 rings (SSSR count). The highest BCUT2D eigenvalue weighted by atomic mass is 32.2. The van der Waals surface area contributed by atoms with Crippen LogP contribution in [0.4, 0.5) is 9.02 Å². The molecule has 2 aromatic heterocycles. The number of anilines is 1. The number of allylic oxidation sites excluding steroid dienone is 1. The second-order valence-corrected chi connectivity index (χ2v) is 7.23. The lowest BCUT2D eigenvalue weighted by Gasteiger charge is -2.21. The van der Waals surface area contributed by atoms with E-state index in [1.54, 1.807) is 16.3 Å². The largest absolute Gasteiger partial charge is 0.296 e. The molecule has 5 nitrogen and oxygen atoms in total. The normalized spacial score (nSPS) is 13.9. The molecular weight excluding hydrogens is 367 g/mol. The third-order valence-corrected chi connectivity index (χ3v) is 5.26. The quantitative estimate of drug-likeness (QED) is 0.819. The van der Waals surface area contributed by atoms with Gasteiger partial charge in [0.15, 0.2) is 10.8 Å². The minimum Gasteiger partial charge on any atom is -0.296 e. The van der Waals surface area contributed by atoms with Crippen molar-refractivity contribution in [3.05, 3.63) is 45.2 Å². The molecule has 1 amide bonds. The number of hydrogen-bond acceptors (Lipinski definition) is 7. The first-order chi connectivity index (χ1) is 11.7. The highest BCUT2D eigenvalue weighted by Gasteiger charge is 2.25. The van der Waals surface area contributed by atoms with E-state index < -0.39 is 0 Å². The van der Waals surface area contributed by atoms with Gasteiger partial charge in [-0.3, -0.25) is 15.1 Å². The number of nitrogens with zero attached hydrogens (tertiary/aromatic N) is 3. The van der Waals surface area contributed by atoms with Crippen LogP contribution >= 0.6 is 34.8 Å². The molecule has 0 atom stereocenters. The molecule has 0 radical (unpaired) electrons. The molecule has 0 saturated heterocycles. The van der Waals surface area contributed by atoms with Gasteiger partial charge in [-0.15, -0.1) is 11.3 Å². The molecule has 3 heterocycles. The number of hydrogen-bond donors (Lipinski definition) is 1. The van der Waals surface area contributed by atoms with Crippen LogP contribution < -0.4 is 5.32 Å². The van der Waals surface area contributed by atoms with E-state index >= 15 is 0 Å². The summed E-state index contributed by atoms with van der Waals surface area (Å²) < 4.78 is 12.1. The molecule has 0 saturated carbocycles. The fraction of sp³-hybridized carbons (Fsp3) is 0.267. The molecule has 1 N–H and O–H groups in total. The number of thiazole rings is 1. The zero-order chi connectivity index (χ0) is 16.9. The van der Waals surface area contributed by atoms with E-state index in [1.165, 1.54) is 11.3 Å². The Morgan fingerprint density at radius 2 is 2.38 bits per heavy atom. The Labute approximate surface area is 151 Å². The molecule has 0 bridgehead atoms. The van der Waals surface area contributed by atoms with Crippen molar-refractivity contribution in [1.82, 2.24) is 9.99 Å².